The standard InChI is InChI=1S/C23H36N6O2S/c1-27(23-21-10-11-24-22(21)25-17-26-23)19-8-6-18(7-9-19)16-32(30,31)29-14-4-5-20(29)15-28-12-2-3-13-28/h10-11,17-20H,2-9,12-16H2,1H3,(H,24,25,26)/t18?,19?,20-/m0/s1. The second-order valence-corrected chi connectivity index (χ2v) is 11.9. The van der Waals surface area contributed by atoms with E-state index in [9.17, 15) is 8.42 Å². The third-order valence-electron chi connectivity index (χ3n) is 7.83. The van der Waals surface area contributed by atoms with E-state index >= 15 is 0 Å². The number of aromatic nitrogens is 3. The first-order valence-electron chi connectivity index (χ1n) is 12.2. The Balaban J connectivity index is 1.17. The lowest BCUT2D eigenvalue weighted by atomic mass is 9.86. The average molecular weight is 461 g/mol. The summed E-state index contributed by atoms with van der Waals surface area (Å²) in [7, 11) is -1.09. The van der Waals surface area contributed by atoms with Gasteiger partial charge in [-0.1, -0.05) is 0 Å². The molecule has 1 N–H and O–H groups in total. The normalized spacial score (nSPS) is 28.0. The maximum absolute atomic E-state index is 13.3. The quantitative estimate of drug-likeness (QED) is 0.684. The Kier molecular flexibility index (Phi) is 6.40. The number of aromatic amines is 1. The molecule has 4 heterocycles. The molecular weight excluding hydrogens is 424 g/mol. The Hall–Kier alpha value is -1.71. The summed E-state index contributed by atoms with van der Waals surface area (Å²) in [5, 5.41) is 1.04. The van der Waals surface area contributed by atoms with E-state index < -0.39 is 10.0 Å². The first-order valence-corrected chi connectivity index (χ1v) is 13.8. The largest absolute Gasteiger partial charge is 0.356 e. The molecule has 1 aliphatic carbocycles. The molecule has 5 rings (SSSR count). The summed E-state index contributed by atoms with van der Waals surface area (Å²) in [5.74, 6) is 1.53. The number of likely N-dealkylation sites (tertiary alicyclic amines) is 1. The van der Waals surface area contributed by atoms with Crippen LogP contribution in [0.25, 0.3) is 11.0 Å². The number of nitrogens with one attached hydrogen (secondary N) is 1. The van der Waals surface area contributed by atoms with Gasteiger partial charge in [0.1, 0.15) is 17.8 Å². The Labute approximate surface area is 191 Å². The van der Waals surface area contributed by atoms with E-state index in [0.717, 1.165) is 75.0 Å². The predicted molar refractivity (Wildman–Crippen MR) is 127 cm³/mol. The maximum Gasteiger partial charge on any atom is 0.214 e. The van der Waals surface area contributed by atoms with Gasteiger partial charge in [-0.25, -0.2) is 18.4 Å². The van der Waals surface area contributed by atoms with E-state index in [1.54, 1.807) is 6.33 Å². The molecule has 1 atom stereocenters. The fraction of sp³-hybridized carbons (Fsp3) is 0.739. The van der Waals surface area contributed by atoms with Gasteiger partial charge < -0.3 is 14.8 Å². The van der Waals surface area contributed by atoms with Crippen LogP contribution in [0.5, 0.6) is 0 Å². The molecule has 2 aromatic rings. The molecule has 2 aliphatic heterocycles. The molecule has 2 aromatic heterocycles. The highest BCUT2D eigenvalue weighted by atomic mass is 32.2. The van der Waals surface area contributed by atoms with Gasteiger partial charge in [-0.05, 0) is 76.4 Å². The van der Waals surface area contributed by atoms with Crippen LogP contribution in [-0.4, -0.2) is 83.6 Å². The van der Waals surface area contributed by atoms with Crippen LogP contribution in [0.2, 0.25) is 0 Å². The number of rotatable bonds is 7. The molecule has 0 spiro atoms. The zero-order valence-electron chi connectivity index (χ0n) is 19.1. The van der Waals surface area contributed by atoms with Crippen LogP contribution in [-0.2, 0) is 10.0 Å². The summed E-state index contributed by atoms with van der Waals surface area (Å²) in [4.78, 5) is 16.7. The summed E-state index contributed by atoms with van der Waals surface area (Å²) >= 11 is 0. The van der Waals surface area contributed by atoms with Crippen LogP contribution in [0.1, 0.15) is 51.4 Å². The van der Waals surface area contributed by atoms with Crippen molar-refractivity contribution in [3.63, 3.8) is 0 Å². The Bertz CT molecular complexity index is 1010. The topological polar surface area (TPSA) is 85.4 Å². The van der Waals surface area contributed by atoms with Crippen LogP contribution in [0, 0.1) is 5.92 Å². The maximum atomic E-state index is 13.3. The smallest absolute Gasteiger partial charge is 0.214 e. The molecule has 0 radical (unpaired) electrons. The minimum absolute atomic E-state index is 0.182. The summed E-state index contributed by atoms with van der Waals surface area (Å²) in [6, 6.07) is 2.59. The number of hydrogen-bond donors (Lipinski definition) is 1. The van der Waals surface area contributed by atoms with Gasteiger partial charge in [0.25, 0.3) is 0 Å². The highest BCUT2D eigenvalue weighted by molar-refractivity contribution is 7.89. The van der Waals surface area contributed by atoms with Crippen molar-refractivity contribution in [2.24, 2.45) is 5.92 Å². The predicted octanol–water partition coefficient (Wildman–Crippen LogP) is 2.84. The van der Waals surface area contributed by atoms with Crippen molar-refractivity contribution in [1.82, 2.24) is 24.2 Å². The lowest BCUT2D eigenvalue weighted by Gasteiger charge is -2.36. The molecule has 0 aromatic carbocycles. The van der Waals surface area contributed by atoms with Gasteiger partial charge in [-0.2, -0.15) is 4.31 Å². The van der Waals surface area contributed by atoms with Gasteiger partial charge in [0.2, 0.25) is 10.0 Å². The van der Waals surface area contributed by atoms with Gasteiger partial charge in [-0.3, -0.25) is 0 Å². The van der Waals surface area contributed by atoms with Crippen LogP contribution >= 0.6 is 0 Å². The fourth-order valence-electron chi connectivity index (χ4n) is 6.03. The molecular formula is C23H36N6O2S. The number of hydrogen-bond acceptors (Lipinski definition) is 6. The van der Waals surface area contributed by atoms with E-state index in [4.69, 9.17) is 0 Å². The second-order valence-electron chi connectivity index (χ2n) is 9.92. The average Bonchev–Trinajstić information content (AvgIpc) is 3.55. The molecule has 1 saturated carbocycles. The van der Waals surface area contributed by atoms with Crippen molar-refractivity contribution < 1.29 is 8.42 Å². The van der Waals surface area contributed by atoms with Gasteiger partial charge in [0.15, 0.2) is 0 Å². The Morgan fingerprint density at radius 2 is 1.84 bits per heavy atom. The van der Waals surface area contributed by atoms with E-state index in [-0.39, 0.29) is 12.0 Å². The third kappa shape index (κ3) is 4.52. The van der Waals surface area contributed by atoms with Crippen molar-refractivity contribution >= 4 is 26.9 Å². The van der Waals surface area contributed by atoms with Gasteiger partial charge in [0.05, 0.1) is 11.1 Å². The van der Waals surface area contributed by atoms with Crippen LogP contribution in [0.3, 0.4) is 0 Å². The van der Waals surface area contributed by atoms with E-state index in [1.807, 2.05) is 16.6 Å². The summed E-state index contributed by atoms with van der Waals surface area (Å²) in [6.45, 7) is 3.88. The molecule has 0 amide bonds. The monoisotopic (exact) mass is 460 g/mol. The van der Waals surface area contributed by atoms with Crippen LogP contribution in [0.15, 0.2) is 18.6 Å². The summed E-state index contributed by atoms with van der Waals surface area (Å²) < 4.78 is 28.5. The molecule has 0 unspecified atom stereocenters. The van der Waals surface area contributed by atoms with Crippen molar-refractivity contribution in [1.29, 1.82) is 0 Å². The van der Waals surface area contributed by atoms with Crippen molar-refractivity contribution in [2.45, 2.75) is 63.5 Å². The zero-order chi connectivity index (χ0) is 22.1. The number of fused-ring (bicyclic) bond motifs is 1. The van der Waals surface area contributed by atoms with E-state index in [0.29, 0.717) is 18.3 Å². The molecule has 3 fully saturated rings. The molecule has 3 aliphatic rings. The fourth-order valence-corrected chi connectivity index (χ4v) is 8.18. The first kappa shape index (κ1) is 22.1. The number of H-pyrrole nitrogens is 1. The molecule has 2 saturated heterocycles. The Morgan fingerprint density at radius 3 is 2.62 bits per heavy atom. The minimum Gasteiger partial charge on any atom is -0.356 e. The number of sulfonamides is 1. The lowest BCUT2D eigenvalue weighted by molar-refractivity contribution is 0.255. The lowest BCUT2D eigenvalue weighted by Crippen LogP contribution is -2.45. The van der Waals surface area contributed by atoms with Gasteiger partial charge in [-0.15, -0.1) is 0 Å². The van der Waals surface area contributed by atoms with Crippen LogP contribution in [0.4, 0.5) is 5.82 Å². The number of nitrogens with zero attached hydrogens (tertiary/aromatic N) is 5. The zero-order valence-corrected chi connectivity index (χ0v) is 19.9. The van der Waals surface area contributed by atoms with E-state index in [2.05, 4.69) is 31.8 Å². The van der Waals surface area contributed by atoms with E-state index in [1.165, 1.54) is 12.8 Å². The molecule has 0 bridgehead atoms. The number of anilines is 1. The van der Waals surface area contributed by atoms with Crippen molar-refractivity contribution in [3.05, 3.63) is 18.6 Å². The Morgan fingerprint density at radius 1 is 1.06 bits per heavy atom. The minimum atomic E-state index is -3.19. The van der Waals surface area contributed by atoms with Gasteiger partial charge in [0, 0.05) is 38.4 Å². The molecule has 176 valence electrons. The SMILES string of the molecule is CN(c1ncnc2[nH]ccc12)C1CCC(CS(=O)(=O)N2CCC[C@H]2CN2CCCC2)CC1. The molecule has 32 heavy (non-hydrogen) atoms. The first-order chi connectivity index (χ1) is 15.5. The third-order valence-corrected chi connectivity index (χ3v) is 9.91. The van der Waals surface area contributed by atoms with Crippen molar-refractivity contribution in [3.8, 4) is 0 Å². The molecule has 8 nitrogen and oxygen atoms in total. The highest BCUT2D eigenvalue weighted by Gasteiger charge is 2.37. The summed E-state index contributed by atoms with van der Waals surface area (Å²) in [5.41, 5.74) is 0.857. The van der Waals surface area contributed by atoms with Crippen LogP contribution < -0.4 is 4.90 Å². The van der Waals surface area contributed by atoms with Gasteiger partial charge >= 0.3 is 0 Å². The summed E-state index contributed by atoms with van der Waals surface area (Å²) in [6.07, 6.45) is 11.9. The molecule has 9 heteroatoms. The highest BCUT2D eigenvalue weighted by Crippen LogP contribution is 2.33. The second kappa shape index (κ2) is 9.27. The van der Waals surface area contributed by atoms with Crippen molar-refractivity contribution in [2.75, 3.05) is 43.9 Å².